The number of benzene rings is 1. The molecule has 114 valence electrons. The van der Waals surface area contributed by atoms with Gasteiger partial charge < -0.3 is 9.47 Å². The second-order valence-corrected chi connectivity index (χ2v) is 7.22. The lowest BCUT2D eigenvalue weighted by molar-refractivity contribution is 0.356. The molecule has 2 aromatic heterocycles. The molecule has 0 atom stereocenters. The molecular weight excluding hydrogens is 314 g/mol. The Labute approximate surface area is 138 Å². The lowest BCUT2D eigenvalue weighted by atomic mass is 10.2. The standard InChI is InChI=1S/C17H17NO2S2/c1-10-8-13(11(2)22-10)14-9-21-17(18-14)12-6-5-7-15(19-3)16(12)20-4/h5-9H,1-4H3. The molecule has 22 heavy (non-hydrogen) atoms. The summed E-state index contributed by atoms with van der Waals surface area (Å²) in [5, 5.41) is 3.04. The molecule has 0 bridgehead atoms. The van der Waals surface area contributed by atoms with Crippen LogP contribution in [0, 0.1) is 13.8 Å². The predicted octanol–water partition coefficient (Wildman–Crippen LogP) is 5.17. The van der Waals surface area contributed by atoms with Crippen molar-refractivity contribution in [3.8, 4) is 33.3 Å². The van der Waals surface area contributed by atoms with Crippen LogP contribution in [0.2, 0.25) is 0 Å². The van der Waals surface area contributed by atoms with Crippen LogP contribution in [0.1, 0.15) is 9.75 Å². The number of hydrogen-bond acceptors (Lipinski definition) is 5. The van der Waals surface area contributed by atoms with Gasteiger partial charge in [-0.2, -0.15) is 0 Å². The highest BCUT2D eigenvalue weighted by Gasteiger charge is 2.16. The highest BCUT2D eigenvalue weighted by Crippen LogP contribution is 2.41. The Morgan fingerprint density at radius 1 is 1.05 bits per heavy atom. The molecule has 2 heterocycles. The topological polar surface area (TPSA) is 31.4 Å². The van der Waals surface area contributed by atoms with Crippen LogP contribution >= 0.6 is 22.7 Å². The number of rotatable bonds is 4. The molecule has 0 radical (unpaired) electrons. The number of methoxy groups -OCH3 is 2. The van der Waals surface area contributed by atoms with Gasteiger partial charge in [-0.05, 0) is 32.0 Å². The van der Waals surface area contributed by atoms with Crippen LogP contribution in [0.4, 0.5) is 0 Å². The highest BCUT2D eigenvalue weighted by atomic mass is 32.1. The third-order valence-electron chi connectivity index (χ3n) is 3.45. The number of thiazole rings is 1. The third-order valence-corrected chi connectivity index (χ3v) is 5.30. The molecule has 3 aromatic rings. The number of nitrogens with zero attached hydrogens (tertiary/aromatic N) is 1. The van der Waals surface area contributed by atoms with E-state index in [1.54, 1.807) is 36.9 Å². The summed E-state index contributed by atoms with van der Waals surface area (Å²) >= 11 is 3.42. The zero-order valence-electron chi connectivity index (χ0n) is 13.0. The summed E-state index contributed by atoms with van der Waals surface area (Å²) in [6.07, 6.45) is 0. The van der Waals surface area contributed by atoms with Crippen LogP contribution in [-0.2, 0) is 0 Å². The molecule has 0 N–H and O–H groups in total. The van der Waals surface area contributed by atoms with Crippen molar-refractivity contribution in [3.63, 3.8) is 0 Å². The van der Waals surface area contributed by atoms with E-state index in [2.05, 4.69) is 25.3 Å². The van der Waals surface area contributed by atoms with E-state index in [4.69, 9.17) is 14.5 Å². The van der Waals surface area contributed by atoms with E-state index in [0.29, 0.717) is 0 Å². The summed E-state index contributed by atoms with van der Waals surface area (Å²) < 4.78 is 10.9. The minimum Gasteiger partial charge on any atom is -0.493 e. The van der Waals surface area contributed by atoms with Crippen molar-refractivity contribution in [2.24, 2.45) is 0 Å². The summed E-state index contributed by atoms with van der Waals surface area (Å²) in [7, 11) is 3.30. The maximum atomic E-state index is 5.51. The quantitative estimate of drug-likeness (QED) is 0.660. The average Bonchev–Trinajstić information content (AvgIpc) is 3.12. The SMILES string of the molecule is COc1cccc(-c2nc(-c3cc(C)sc3C)cs2)c1OC. The van der Waals surface area contributed by atoms with Gasteiger partial charge in [0, 0.05) is 20.7 Å². The molecule has 0 aliphatic rings. The Kier molecular flexibility index (Phi) is 4.18. The van der Waals surface area contributed by atoms with Crippen molar-refractivity contribution in [3.05, 3.63) is 39.4 Å². The van der Waals surface area contributed by atoms with Crippen molar-refractivity contribution in [2.45, 2.75) is 13.8 Å². The maximum absolute atomic E-state index is 5.51. The fourth-order valence-electron chi connectivity index (χ4n) is 2.46. The molecule has 0 fully saturated rings. The zero-order valence-corrected chi connectivity index (χ0v) is 14.6. The number of thiophene rings is 1. The van der Waals surface area contributed by atoms with Gasteiger partial charge in [-0.1, -0.05) is 6.07 Å². The second kappa shape index (κ2) is 6.10. The lowest BCUT2D eigenvalue weighted by Gasteiger charge is -2.10. The largest absolute Gasteiger partial charge is 0.493 e. The van der Waals surface area contributed by atoms with Gasteiger partial charge in [-0.25, -0.2) is 4.98 Å². The first kappa shape index (κ1) is 15.1. The smallest absolute Gasteiger partial charge is 0.170 e. The van der Waals surface area contributed by atoms with Crippen molar-refractivity contribution in [2.75, 3.05) is 14.2 Å². The normalized spacial score (nSPS) is 10.7. The van der Waals surface area contributed by atoms with Gasteiger partial charge in [-0.3, -0.25) is 0 Å². The van der Waals surface area contributed by atoms with Crippen molar-refractivity contribution in [1.82, 2.24) is 4.98 Å². The monoisotopic (exact) mass is 331 g/mol. The molecule has 5 heteroatoms. The summed E-state index contributed by atoms with van der Waals surface area (Å²) in [5.41, 5.74) is 3.20. The highest BCUT2D eigenvalue weighted by molar-refractivity contribution is 7.14. The molecule has 3 rings (SSSR count). The van der Waals surface area contributed by atoms with Gasteiger partial charge in [0.05, 0.1) is 25.5 Å². The minimum absolute atomic E-state index is 0.722. The molecule has 0 amide bonds. The molecule has 0 saturated heterocycles. The molecule has 0 spiro atoms. The zero-order chi connectivity index (χ0) is 15.7. The Morgan fingerprint density at radius 2 is 1.86 bits per heavy atom. The number of hydrogen-bond donors (Lipinski definition) is 0. The number of aromatic nitrogens is 1. The first-order valence-electron chi connectivity index (χ1n) is 6.88. The number of ether oxygens (including phenoxy) is 2. The summed E-state index contributed by atoms with van der Waals surface area (Å²) in [5.74, 6) is 1.45. The molecule has 0 aliphatic carbocycles. The van der Waals surface area contributed by atoms with E-state index < -0.39 is 0 Å². The average molecular weight is 331 g/mol. The van der Waals surface area contributed by atoms with E-state index >= 15 is 0 Å². The second-order valence-electron chi connectivity index (χ2n) is 4.91. The van der Waals surface area contributed by atoms with E-state index in [0.717, 1.165) is 27.8 Å². The van der Waals surface area contributed by atoms with Gasteiger partial charge in [0.1, 0.15) is 5.01 Å². The van der Waals surface area contributed by atoms with Crippen LogP contribution in [-0.4, -0.2) is 19.2 Å². The molecular formula is C17H17NO2S2. The van der Waals surface area contributed by atoms with Crippen molar-refractivity contribution in [1.29, 1.82) is 0 Å². The summed E-state index contributed by atoms with van der Waals surface area (Å²) in [6, 6.07) is 8.05. The summed E-state index contributed by atoms with van der Waals surface area (Å²) in [6.45, 7) is 4.26. The van der Waals surface area contributed by atoms with E-state index in [1.807, 2.05) is 18.2 Å². The van der Waals surface area contributed by atoms with E-state index in [-0.39, 0.29) is 0 Å². The lowest BCUT2D eigenvalue weighted by Crippen LogP contribution is -1.92. The van der Waals surface area contributed by atoms with Crippen molar-refractivity contribution < 1.29 is 9.47 Å². The van der Waals surface area contributed by atoms with E-state index in [1.165, 1.54) is 15.3 Å². The molecule has 0 unspecified atom stereocenters. The van der Waals surface area contributed by atoms with Crippen LogP contribution < -0.4 is 9.47 Å². The first-order chi connectivity index (χ1) is 10.6. The molecule has 0 aliphatic heterocycles. The fourth-order valence-corrected chi connectivity index (χ4v) is 4.24. The van der Waals surface area contributed by atoms with Crippen LogP contribution in [0.25, 0.3) is 21.8 Å². The van der Waals surface area contributed by atoms with Crippen LogP contribution in [0.3, 0.4) is 0 Å². The Morgan fingerprint density at radius 3 is 2.50 bits per heavy atom. The predicted molar refractivity (Wildman–Crippen MR) is 93.4 cm³/mol. The molecule has 0 saturated carbocycles. The number of aryl methyl sites for hydroxylation is 2. The molecule has 1 aromatic carbocycles. The minimum atomic E-state index is 0.722. The van der Waals surface area contributed by atoms with Gasteiger partial charge in [-0.15, -0.1) is 22.7 Å². The molecule has 3 nitrogen and oxygen atoms in total. The number of para-hydroxylation sites is 1. The van der Waals surface area contributed by atoms with E-state index in [9.17, 15) is 0 Å². The third kappa shape index (κ3) is 2.62. The Balaban J connectivity index is 2.06. The van der Waals surface area contributed by atoms with Gasteiger partial charge in [0.2, 0.25) is 0 Å². The maximum Gasteiger partial charge on any atom is 0.170 e. The van der Waals surface area contributed by atoms with Crippen molar-refractivity contribution >= 4 is 22.7 Å². The Hall–Kier alpha value is -1.85. The van der Waals surface area contributed by atoms with Crippen LogP contribution in [0.5, 0.6) is 11.5 Å². The van der Waals surface area contributed by atoms with Gasteiger partial charge in [0.15, 0.2) is 11.5 Å². The van der Waals surface area contributed by atoms with Gasteiger partial charge >= 0.3 is 0 Å². The Bertz CT molecular complexity index is 805. The summed E-state index contributed by atoms with van der Waals surface area (Å²) in [4.78, 5) is 7.40. The van der Waals surface area contributed by atoms with Crippen LogP contribution in [0.15, 0.2) is 29.6 Å². The fraction of sp³-hybridized carbons (Fsp3) is 0.235. The van der Waals surface area contributed by atoms with Gasteiger partial charge in [0.25, 0.3) is 0 Å². The first-order valence-corrected chi connectivity index (χ1v) is 8.58.